The minimum Gasteiger partial charge on any atom is -0.299 e. The molecule has 0 aromatic rings. The molecule has 0 heterocycles. The van der Waals surface area contributed by atoms with Crippen LogP contribution in [0.15, 0.2) is 0 Å². The largest absolute Gasteiger partial charge is 0.299 e. The summed E-state index contributed by atoms with van der Waals surface area (Å²) in [5.74, 6) is 1.42. The lowest BCUT2D eigenvalue weighted by Gasteiger charge is -2.52. The fourth-order valence-corrected chi connectivity index (χ4v) is 4.83. The first kappa shape index (κ1) is 10.5. The van der Waals surface area contributed by atoms with E-state index in [2.05, 4.69) is 13.8 Å². The number of hydrogen-bond acceptors (Lipinski definition) is 2. The second-order valence-corrected chi connectivity index (χ2v) is 6.45. The van der Waals surface area contributed by atoms with Crippen molar-refractivity contribution in [1.29, 1.82) is 0 Å². The van der Waals surface area contributed by atoms with Crippen molar-refractivity contribution in [2.24, 2.45) is 22.7 Å². The zero-order chi connectivity index (χ0) is 11.6. The Bertz CT molecular complexity index is 337. The molecule has 0 spiro atoms. The van der Waals surface area contributed by atoms with E-state index >= 15 is 0 Å². The summed E-state index contributed by atoms with van der Waals surface area (Å²) in [5.41, 5.74) is 0.221. The summed E-state index contributed by atoms with van der Waals surface area (Å²) < 4.78 is 0. The van der Waals surface area contributed by atoms with Gasteiger partial charge in [0.25, 0.3) is 0 Å². The second kappa shape index (κ2) is 2.96. The third kappa shape index (κ3) is 0.988. The van der Waals surface area contributed by atoms with Gasteiger partial charge in [0.05, 0.1) is 0 Å². The van der Waals surface area contributed by atoms with E-state index in [1.54, 1.807) is 0 Å². The van der Waals surface area contributed by atoms with Crippen molar-refractivity contribution in [1.82, 2.24) is 0 Å². The molecule has 0 unspecified atom stereocenters. The second-order valence-electron chi connectivity index (χ2n) is 6.45. The molecule has 0 aromatic heterocycles. The quantitative estimate of drug-likeness (QED) is 0.629. The van der Waals surface area contributed by atoms with Gasteiger partial charge >= 0.3 is 0 Å². The molecular weight excluding hydrogens is 200 g/mol. The van der Waals surface area contributed by atoms with E-state index in [4.69, 9.17) is 0 Å². The molecule has 0 bridgehead atoms. The van der Waals surface area contributed by atoms with Crippen LogP contribution in [-0.4, -0.2) is 11.6 Å². The van der Waals surface area contributed by atoms with Gasteiger partial charge in [-0.1, -0.05) is 13.8 Å². The third-order valence-electron chi connectivity index (χ3n) is 6.15. The normalized spacial score (nSPS) is 51.6. The zero-order valence-electron chi connectivity index (χ0n) is 10.2. The number of fused-ring (bicyclic) bond motifs is 3. The molecule has 4 atom stereocenters. The summed E-state index contributed by atoms with van der Waals surface area (Å²) in [6.45, 7) is 4.54. The van der Waals surface area contributed by atoms with Crippen LogP contribution in [0.3, 0.4) is 0 Å². The maximum absolute atomic E-state index is 11.9. The maximum atomic E-state index is 11.9. The molecule has 0 aromatic carbocycles. The number of carbonyl (C=O) groups is 2. The first-order valence-electron chi connectivity index (χ1n) is 6.54. The standard InChI is InChI=1S/C14H20O2/c1-13-7-5-11(15)9(13)3-4-10-12(16)6-8-14(10,13)2/h9-10H,3-8H2,1-2H3/t9-,10-,13+,14+/m1/s1. The highest BCUT2D eigenvalue weighted by atomic mass is 16.1. The molecule has 2 nitrogen and oxygen atoms in total. The highest BCUT2D eigenvalue weighted by molar-refractivity contribution is 5.88. The molecule has 3 saturated carbocycles. The lowest BCUT2D eigenvalue weighted by atomic mass is 9.51. The third-order valence-corrected chi connectivity index (χ3v) is 6.15. The Labute approximate surface area is 96.8 Å². The first-order valence-corrected chi connectivity index (χ1v) is 6.54. The molecule has 3 aliphatic rings. The molecule has 88 valence electrons. The van der Waals surface area contributed by atoms with Crippen molar-refractivity contribution in [3.63, 3.8) is 0 Å². The first-order chi connectivity index (χ1) is 7.49. The average Bonchev–Trinajstić information content (AvgIpc) is 2.70. The average molecular weight is 220 g/mol. The fraction of sp³-hybridized carbons (Fsp3) is 0.857. The van der Waals surface area contributed by atoms with Gasteiger partial charge in [-0.25, -0.2) is 0 Å². The Kier molecular flexibility index (Phi) is 1.94. The lowest BCUT2D eigenvalue weighted by molar-refractivity contribution is -0.136. The molecule has 16 heavy (non-hydrogen) atoms. The van der Waals surface area contributed by atoms with Crippen LogP contribution in [0.5, 0.6) is 0 Å². The highest BCUT2D eigenvalue weighted by Gasteiger charge is 2.63. The van der Waals surface area contributed by atoms with Crippen LogP contribution >= 0.6 is 0 Å². The minimum atomic E-state index is 0.110. The minimum absolute atomic E-state index is 0.110. The van der Waals surface area contributed by atoms with Crippen LogP contribution in [-0.2, 0) is 9.59 Å². The topological polar surface area (TPSA) is 34.1 Å². The predicted octanol–water partition coefficient (Wildman–Crippen LogP) is 2.75. The van der Waals surface area contributed by atoms with Gasteiger partial charge in [-0.3, -0.25) is 9.59 Å². The Balaban J connectivity index is 2.06. The molecule has 0 saturated heterocycles. The molecule has 3 rings (SSSR count). The van der Waals surface area contributed by atoms with E-state index in [0.717, 1.165) is 38.5 Å². The van der Waals surface area contributed by atoms with Gasteiger partial charge in [0.2, 0.25) is 0 Å². The molecular formula is C14H20O2. The van der Waals surface area contributed by atoms with E-state index in [9.17, 15) is 9.59 Å². The molecule has 2 heteroatoms. The van der Waals surface area contributed by atoms with Crippen molar-refractivity contribution in [3.05, 3.63) is 0 Å². The highest BCUT2D eigenvalue weighted by Crippen LogP contribution is 2.66. The molecule has 3 aliphatic carbocycles. The SMILES string of the molecule is C[C@]12CCC(=O)[C@H]1CC[C@@H]1C(=O)CC[C@@]12C. The summed E-state index contributed by atoms with van der Waals surface area (Å²) in [7, 11) is 0. The summed E-state index contributed by atoms with van der Waals surface area (Å²) in [5, 5.41) is 0. The molecule has 3 fully saturated rings. The summed E-state index contributed by atoms with van der Waals surface area (Å²) in [6.07, 6.45) is 5.44. The van der Waals surface area contributed by atoms with Crippen molar-refractivity contribution < 1.29 is 9.59 Å². The van der Waals surface area contributed by atoms with Gasteiger partial charge in [0.15, 0.2) is 0 Å². The van der Waals surface area contributed by atoms with Crippen molar-refractivity contribution >= 4 is 11.6 Å². The number of ketones is 2. The monoisotopic (exact) mass is 220 g/mol. The molecule has 0 amide bonds. The van der Waals surface area contributed by atoms with Gasteiger partial charge in [-0.15, -0.1) is 0 Å². The Morgan fingerprint density at radius 2 is 1.25 bits per heavy atom. The Hall–Kier alpha value is -0.660. The van der Waals surface area contributed by atoms with E-state index < -0.39 is 0 Å². The Morgan fingerprint density at radius 1 is 0.875 bits per heavy atom. The van der Waals surface area contributed by atoms with Gasteiger partial charge in [0.1, 0.15) is 11.6 Å². The van der Waals surface area contributed by atoms with E-state index in [-0.39, 0.29) is 22.7 Å². The van der Waals surface area contributed by atoms with Gasteiger partial charge < -0.3 is 0 Å². The van der Waals surface area contributed by atoms with E-state index in [0.29, 0.717) is 11.6 Å². The summed E-state index contributed by atoms with van der Waals surface area (Å²) >= 11 is 0. The van der Waals surface area contributed by atoms with E-state index in [1.807, 2.05) is 0 Å². The zero-order valence-corrected chi connectivity index (χ0v) is 10.2. The van der Waals surface area contributed by atoms with Crippen LogP contribution < -0.4 is 0 Å². The number of rotatable bonds is 0. The van der Waals surface area contributed by atoms with Crippen molar-refractivity contribution in [3.8, 4) is 0 Å². The van der Waals surface area contributed by atoms with Crippen molar-refractivity contribution in [2.75, 3.05) is 0 Å². The summed E-state index contributed by atoms with van der Waals surface area (Å²) in [6, 6.07) is 0. The van der Waals surface area contributed by atoms with Crippen LogP contribution in [0.1, 0.15) is 52.4 Å². The Morgan fingerprint density at radius 3 is 1.62 bits per heavy atom. The number of carbonyl (C=O) groups excluding carboxylic acids is 2. The molecule has 0 aliphatic heterocycles. The van der Waals surface area contributed by atoms with Crippen LogP contribution in [0.25, 0.3) is 0 Å². The maximum Gasteiger partial charge on any atom is 0.136 e. The van der Waals surface area contributed by atoms with E-state index in [1.165, 1.54) is 0 Å². The van der Waals surface area contributed by atoms with Gasteiger partial charge in [0, 0.05) is 24.7 Å². The predicted molar refractivity (Wildman–Crippen MR) is 60.9 cm³/mol. The molecule has 0 N–H and O–H groups in total. The molecule has 0 radical (unpaired) electrons. The van der Waals surface area contributed by atoms with Crippen molar-refractivity contribution in [2.45, 2.75) is 52.4 Å². The number of hydrogen-bond donors (Lipinski definition) is 0. The van der Waals surface area contributed by atoms with Crippen LogP contribution in [0, 0.1) is 22.7 Å². The van der Waals surface area contributed by atoms with Gasteiger partial charge in [-0.2, -0.15) is 0 Å². The van der Waals surface area contributed by atoms with Crippen LogP contribution in [0.2, 0.25) is 0 Å². The van der Waals surface area contributed by atoms with Gasteiger partial charge in [-0.05, 0) is 36.5 Å². The van der Waals surface area contributed by atoms with Crippen LogP contribution in [0.4, 0.5) is 0 Å². The fourth-order valence-electron chi connectivity index (χ4n) is 4.83. The smallest absolute Gasteiger partial charge is 0.136 e. The number of Topliss-reactive ketones (excluding diaryl/α,β-unsaturated/α-hetero) is 2. The summed E-state index contributed by atoms with van der Waals surface area (Å²) in [4.78, 5) is 23.9. The lowest BCUT2D eigenvalue weighted by Crippen LogP contribution is -2.49.